The molecule has 0 bridgehead atoms. The zero-order valence-corrected chi connectivity index (χ0v) is 9.92. The van der Waals surface area contributed by atoms with Gasteiger partial charge in [0.25, 0.3) is 0 Å². The lowest BCUT2D eigenvalue weighted by molar-refractivity contribution is 0.485. The Morgan fingerprint density at radius 1 is 1.73 bits per heavy atom. The first-order valence-corrected chi connectivity index (χ1v) is 5.98. The van der Waals surface area contributed by atoms with Crippen LogP contribution in [0.4, 0.5) is 0 Å². The highest BCUT2D eigenvalue weighted by molar-refractivity contribution is 7.09. The Hall–Kier alpha value is -1.10. The van der Waals surface area contributed by atoms with Crippen molar-refractivity contribution in [3.8, 4) is 0 Å². The summed E-state index contributed by atoms with van der Waals surface area (Å²) in [4.78, 5) is 10.7. The van der Waals surface area contributed by atoms with Crippen molar-refractivity contribution < 1.29 is 0 Å². The highest BCUT2D eigenvalue weighted by atomic mass is 32.1. The molecule has 0 aliphatic heterocycles. The van der Waals surface area contributed by atoms with Gasteiger partial charge in [-0.25, -0.2) is 9.98 Å². The third-order valence-electron chi connectivity index (χ3n) is 2.32. The predicted molar refractivity (Wildman–Crippen MR) is 63.0 cm³/mol. The number of aliphatic imine (C=N–C) groups is 1. The number of thiazole rings is 1. The van der Waals surface area contributed by atoms with Crippen molar-refractivity contribution in [3.63, 3.8) is 0 Å². The monoisotopic (exact) mass is 224 g/mol. The Morgan fingerprint density at radius 2 is 2.47 bits per heavy atom. The van der Waals surface area contributed by atoms with Gasteiger partial charge < -0.3 is 10.6 Å². The zero-order valence-electron chi connectivity index (χ0n) is 9.10. The minimum Gasteiger partial charge on any atom is -0.370 e. The summed E-state index contributed by atoms with van der Waals surface area (Å²) in [5.74, 6) is 0.628. The first-order chi connectivity index (χ1) is 7.15. The maximum absolute atomic E-state index is 5.86. The summed E-state index contributed by atoms with van der Waals surface area (Å²) in [5.41, 5.74) is 6.93. The van der Waals surface area contributed by atoms with Gasteiger partial charge in [0, 0.05) is 12.4 Å². The van der Waals surface area contributed by atoms with Gasteiger partial charge in [0.15, 0.2) is 5.96 Å². The Bertz CT molecular complexity index is 367. The molecule has 1 fully saturated rings. The van der Waals surface area contributed by atoms with Gasteiger partial charge in [0.05, 0.1) is 23.3 Å². The molecule has 0 aromatic carbocycles. The number of aromatic nitrogens is 1. The number of nitrogens with two attached hydrogens (primary N) is 1. The summed E-state index contributed by atoms with van der Waals surface area (Å²) in [5, 5.41) is 3.16. The van der Waals surface area contributed by atoms with Crippen LogP contribution in [0.15, 0.2) is 10.4 Å². The molecular formula is C10H16N4S. The molecule has 0 spiro atoms. The van der Waals surface area contributed by atoms with E-state index in [1.807, 2.05) is 18.9 Å². The van der Waals surface area contributed by atoms with Gasteiger partial charge in [0.2, 0.25) is 0 Å². The normalized spacial score (nSPS) is 16.8. The molecule has 0 unspecified atom stereocenters. The quantitative estimate of drug-likeness (QED) is 0.623. The van der Waals surface area contributed by atoms with Crippen LogP contribution in [-0.2, 0) is 6.54 Å². The van der Waals surface area contributed by atoms with Crippen LogP contribution in [0.25, 0.3) is 0 Å². The van der Waals surface area contributed by atoms with Gasteiger partial charge in [0.1, 0.15) is 0 Å². The van der Waals surface area contributed by atoms with Crippen LogP contribution in [-0.4, -0.2) is 28.9 Å². The van der Waals surface area contributed by atoms with E-state index in [0.29, 0.717) is 12.0 Å². The molecule has 2 N–H and O–H groups in total. The molecule has 1 heterocycles. The molecule has 82 valence electrons. The highest BCUT2D eigenvalue weighted by Crippen LogP contribution is 2.23. The Labute approximate surface area is 93.8 Å². The minimum atomic E-state index is 0.477. The van der Waals surface area contributed by atoms with E-state index in [9.17, 15) is 0 Å². The number of guanidine groups is 1. The summed E-state index contributed by atoms with van der Waals surface area (Å²) in [6.07, 6.45) is 2.37. The number of hydrogen-bond acceptors (Lipinski definition) is 3. The molecule has 1 aromatic heterocycles. The van der Waals surface area contributed by atoms with Crippen molar-refractivity contribution in [2.24, 2.45) is 10.7 Å². The summed E-state index contributed by atoms with van der Waals surface area (Å²) >= 11 is 1.67. The van der Waals surface area contributed by atoms with Crippen molar-refractivity contribution in [1.82, 2.24) is 9.88 Å². The van der Waals surface area contributed by atoms with Crippen LogP contribution in [0.5, 0.6) is 0 Å². The zero-order chi connectivity index (χ0) is 10.8. The lowest BCUT2D eigenvalue weighted by Crippen LogP contribution is -2.33. The van der Waals surface area contributed by atoms with E-state index in [0.717, 1.165) is 17.2 Å². The second-order valence-electron chi connectivity index (χ2n) is 3.93. The molecule has 4 nitrogen and oxygen atoms in total. The van der Waals surface area contributed by atoms with Gasteiger partial charge >= 0.3 is 0 Å². The third-order valence-corrected chi connectivity index (χ3v) is 3.14. The van der Waals surface area contributed by atoms with E-state index in [1.54, 1.807) is 11.3 Å². The average Bonchev–Trinajstić information content (AvgIpc) is 2.90. The molecule has 5 heteroatoms. The summed E-state index contributed by atoms with van der Waals surface area (Å²) in [6.45, 7) is 2.75. The minimum absolute atomic E-state index is 0.477. The van der Waals surface area contributed by atoms with Crippen LogP contribution in [0, 0.1) is 6.92 Å². The van der Waals surface area contributed by atoms with Crippen LogP contribution >= 0.6 is 11.3 Å². The van der Waals surface area contributed by atoms with E-state index in [2.05, 4.69) is 15.4 Å². The molecule has 15 heavy (non-hydrogen) atoms. The molecule has 2 rings (SSSR count). The fraction of sp³-hybridized carbons (Fsp3) is 0.600. The predicted octanol–water partition coefficient (Wildman–Crippen LogP) is 1.36. The Kier molecular flexibility index (Phi) is 2.90. The Morgan fingerprint density at radius 3 is 3.00 bits per heavy atom. The first kappa shape index (κ1) is 10.4. The lowest BCUT2D eigenvalue weighted by Gasteiger charge is -2.16. The molecule has 0 saturated heterocycles. The number of rotatable bonds is 3. The maximum Gasteiger partial charge on any atom is 0.191 e. The van der Waals surface area contributed by atoms with Crippen LogP contribution in [0.3, 0.4) is 0 Å². The third kappa shape index (κ3) is 2.92. The lowest BCUT2D eigenvalue weighted by atomic mass is 10.4. The van der Waals surface area contributed by atoms with Crippen molar-refractivity contribution in [3.05, 3.63) is 16.1 Å². The SMILES string of the molecule is Cc1nc(CN(C)C(N)=NC2CC2)cs1. The van der Waals surface area contributed by atoms with Gasteiger partial charge in [-0.3, -0.25) is 0 Å². The Balaban J connectivity index is 1.93. The smallest absolute Gasteiger partial charge is 0.191 e. The summed E-state index contributed by atoms with van der Waals surface area (Å²) in [7, 11) is 1.95. The van der Waals surface area contributed by atoms with Crippen LogP contribution in [0.1, 0.15) is 23.5 Å². The van der Waals surface area contributed by atoms with E-state index < -0.39 is 0 Å². The standard InChI is InChI=1S/C10H16N4S/c1-7-12-9(6-15-7)5-14(2)10(11)13-8-3-4-8/h6,8H,3-5H2,1-2H3,(H2,11,13). The molecule has 1 aromatic rings. The van der Waals surface area contributed by atoms with E-state index in [-0.39, 0.29) is 0 Å². The fourth-order valence-electron chi connectivity index (χ4n) is 1.29. The van der Waals surface area contributed by atoms with Crippen molar-refractivity contribution in [1.29, 1.82) is 0 Å². The number of aryl methyl sites for hydroxylation is 1. The van der Waals surface area contributed by atoms with Crippen LogP contribution in [0.2, 0.25) is 0 Å². The first-order valence-electron chi connectivity index (χ1n) is 5.10. The molecule has 1 saturated carbocycles. The van der Waals surface area contributed by atoms with Gasteiger partial charge in [-0.1, -0.05) is 0 Å². The summed E-state index contributed by atoms with van der Waals surface area (Å²) in [6, 6.07) is 0.477. The fourth-order valence-corrected chi connectivity index (χ4v) is 1.90. The van der Waals surface area contributed by atoms with Gasteiger partial charge in [-0.05, 0) is 19.8 Å². The molecule has 0 amide bonds. The van der Waals surface area contributed by atoms with E-state index >= 15 is 0 Å². The number of nitrogens with zero attached hydrogens (tertiary/aromatic N) is 3. The van der Waals surface area contributed by atoms with Crippen molar-refractivity contribution in [2.75, 3.05) is 7.05 Å². The molecule has 1 aliphatic carbocycles. The second kappa shape index (κ2) is 4.18. The maximum atomic E-state index is 5.86. The van der Waals surface area contributed by atoms with Gasteiger partial charge in [-0.2, -0.15) is 0 Å². The molecule has 0 atom stereocenters. The molecule has 0 radical (unpaired) electrons. The topological polar surface area (TPSA) is 54.5 Å². The molecule has 1 aliphatic rings. The van der Waals surface area contributed by atoms with Crippen molar-refractivity contribution >= 4 is 17.3 Å². The van der Waals surface area contributed by atoms with Crippen LogP contribution < -0.4 is 5.73 Å². The number of hydrogen-bond donors (Lipinski definition) is 1. The average molecular weight is 224 g/mol. The van der Waals surface area contributed by atoms with Gasteiger partial charge in [-0.15, -0.1) is 11.3 Å². The van der Waals surface area contributed by atoms with Crippen molar-refractivity contribution in [2.45, 2.75) is 32.4 Å². The highest BCUT2D eigenvalue weighted by Gasteiger charge is 2.21. The van der Waals surface area contributed by atoms with E-state index in [1.165, 1.54) is 12.8 Å². The largest absolute Gasteiger partial charge is 0.370 e. The summed E-state index contributed by atoms with van der Waals surface area (Å²) < 4.78 is 0. The van der Waals surface area contributed by atoms with E-state index in [4.69, 9.17) is 5.73 Å². The molecular weight excluding hydrogens is 208 g/mol. The second-order valence-corrected chi connectivity index (χ2v) is 4.99.